The Morgan fingerprint density at radius 1 is 1.43 bits per heavy atom. The Labute approximate surface area is 132 Å². The van der Waals surface area contributed by atoms with Gasteiger partial charge in [-0.25, -0.2) is 4.68 Å². The molecule has 1 aliphatic rings. The van der Waals surface area contributed by atoms with Gasteiger partial charge in [-0.3, -0.25) is 14.9 Å². The predicted octanol–water partition coefficient (Wildman–Crippen LogP) is 1.43. The Kier molecular flexibility index (Phi) is 3.73. The number of carbonyl (C=O) groups is 2. The lowest BCUT2D eigenvalue weighted by molar-refractivity contribution is -0.123. The van der Waals surface area contributed by atoms with Crippen molar-refractivity contribution in [2.75, 3.05) is 17.7 Å². The molecular weight excluding hydrogens is 298 g/mol. The second-order valence-electron chi connectivity index (χ2n) is 5.39. The van der Waals surface area contributed by atoms with E-state index in [4.69, 9.17) is 4.74 Å². The molecule has 0 fully saturated rings. The zero-order chi connectivity index (χ0) is 16.6. The molecule has 0 aliphatic carbocycles. The first kappa shape index (κ1) is 15.0. The number of nitrogens with one attached hydrogen (secondary N) is 2. The largest absolute Gasteiger partial charge is 0.495 e. The number of benzene rings is 1. The fourth-order valence-electron chi connectivity index (χ4n) is 2.51. The van der Waals surface area contributed by atoms with Crippen molar-refractivity contribution in [2.45, 2.75) is 26.3 Å². The topological polar surface area (TPSA) is 98.1 Å². The Morgan fingerprint density at radius 3 is 2.96 bits per heavy atom. The van der Waals surface area contributed by atoms with Crippen LogP contribution in [0.5, 0.6) is 5.75 Å². The summed E-state index contributed by atoms with van der Waals surface area (Å²) in [5.74, 6) is 0.905. The van der Waals surface area contributed by atoms with E-state index >= 15 is 0 Å². The number of methoxy groups -OCH3 is 1. The Balaban J connectivity index is 1.75. The second-order valence-corrected chi connectivity index (χ2v) is 5.39. The van der Waals surface area contributed by atoms with Crippen LogP contribution in [0.25, 0.3) is 0 Å². The maximum Gasteiger partial charge on any atom is 0.252 e. The van der Waals surface area contributed by atoms with Crippen molar-refractivity contribution < 1.29 is 14.3 Å². The minimum atomic E-state index is -0.693. The van der Waals surface area contributed by atoms with Crippen molar-refractivity contribution in [3.8, 4) is 5.75 Å². The van der Waals surface area contributed by atoms with Crippen molar-refractivity contribution in [2.24, 2.45) is 0 Å². The summed E-state index contributed by atoms with van der Waals surface area (Å²) in [7, 11) is 1.54. The molecule has 0 saturated heterocycles. The summed E-state index contributed by atoms with van der Waals surface area (Å²) >= 11 is 0. The van der Waals surface area contributed by atoms with Crippen LogP contribution in [0.4, 0.5) is 11.6 Å². The van der Waals surface area contributed by atoms with Gasteiger partial charge in [0.05, 0.1) is 19.2 Å². The lowest BCUT2D eigenvalue weighted by Crippen LogP contribution is -2.24. The molecule has 0 spiro atoms. The third kappa shape index (κ3) is 2.87. The monoisotopic (exact) mass is 315 g/mol. The Morgan fingerprint density at radius 2 is 2.22 bits per heavy atom. The number of nitrogens with zero attached hydrogens (tertiary/aromatic N) is 3. The highest BCUT2D eigenvalue weighted by molar-refractivity contribution is 6.01. The van der Waals surface area contributed by atoms with Gasteiger partial charge in [0, 0.05) is 0 Å². The van der Waals surface area contributed by atoms with E-state index in [0.717, 1.165) is 5.56 Å². The Hall–Kier alpha value is -2.90. The molecule has 23 heavy (non-hydrogen) atoms. The molecule has 3 rings (SSSR count). The third-order valence-electron chi connectivity index (χ3n) is 3.58. The van der Waals surface area contributed by atoms with E-state index in [9.17, 15) is 9.59 Å². The van der Waals surface area contributed by atoms with Crippen LogP contribution in [0.1, 0.15) is 23.9 Å². The first-order chi connectivity index (χ1) is 11.0. The van der Waals surface area contributed by atoms with Gasteiger partial charge >= 0.3 is 0 Å². The maximum absolute atomic E-state index is 12.3. The van der Waals surface area contributed by atoms with Gasteiger partial charge in [-0.1, -0.05) is 6.07 Å². The Bertz CT molecular complexity index is 783. The number of hydrogen-bond acceptors (Lipinski definition) is 5. The van der Waals surface area contributed by atoms with Crippen LogP contribution in [0.15, 0.2) is 18.2 Å². The van der Waals surface area contributed by atoms with Crippen LogP contribution in [-0.4, -0.2) is 33.7 Å². The number of amides is 2. The van der Waals surface area contributed by atoms with Crippen molar-refractivity contribution in [3.63, 3.8) is 0 Å². The number of aromatic nitrogens is 3. The number of hydrogen-bond donors (Lipinski definition) is 2. The predicted molar refractivity (Wildman–Crippen MR) is 83.4 cm³/mol. The van der Waals surface area contributed by atoms with Crippen LogP contribution >= 0.6 is 0 Å². The second kappa shape index (κ2) is 5.71. The fourth-order valence-corrected chi connectivity index (χ4v) is 2.51. The SMILES string of the molecule is COc1ccc(C)cc1NC(=O)CC1C(=O)Nc2nc(C)nn21. The molecule has 0 radical (unpaired) electrons. The highest BCUT2D eigenvalue weighted by Crippen LogP contribution is 2.28. The number of carbonyl (C=O) groups excluding carboxylic acids is 2. The van der Waals surface area contributed by atoms with Crippen LogP contribution in [-0.2, 0) is 9.59 Å². The number of ether oxygens (including phenoxy) is 1. The van der Waals surface area contributed by atoms with Gasteiger partial charge in [-0.05, 0) is 31.5 Å². The molecule has 1 aliphatic heterocycles. The zero-order valence-electron chi connectivity index (χ0n) is 13.1. The van der Waals surface area contributed by atoms with E-state index in [1.165, 1.54) is 11.8 Å². The molecule has 1 unspecified atom stereocenters. The van der Waals surface area contributed by atoms with E-state index in [1.54, 1.807) is 13.0 Å². The summed E-state index contributed by atoms with van der Waals surface area (Å²) in [5.41, 5.74) is 1.57. The average Bonchev–Trinajstić information content (AvgIpc) is 2.97. The van der Waals surface area contributed by atoms with E-state index in [2.05, 4.69) is 20.7 Å². The molecule has 0 bridgehead atoms. The van der Waals surface area contributed by atoms with E-state index in [1.807, 2.05) is 19.1 Å². The fraction of sp³-hybridized carbons (Fsp3) is 0.333. The normalized spacial score (nSPS) is 16.0. The molecule has 2 N–H and O–H groups in total. The summed E-state index contributed by atoms with van der Waals surface area (Å²) in [6.45, 7) is 3.65. The number of anilines is 2. The van der Waals surface area contributed by atoms with Crippen LogP contribution < -0.4 is 15.4 Å². The van der Waals surface area contributed by atoms with Gasteiger partial charge in [-0.15, -0.1) is 0 Å². The van der Waals surface area contributed by atoms with E-state index in [-0.39, 0.29) is 18.2 Å². The number of aryl methyl sites for hydroxylation is 2. The highest BCUT2D eigenvalue weighted by atomic mass is 16.5. The molecule has 2 amide bonds. The lowest BCUT2D eigenvalue weighted by Gasteiger charge is -2.13. The zero-order valence-corrected chi connectivity index (χ0v) is 13.1. The summed E-state index contributed by atoms with van der Waals surface area (Å²) in [4.78, 5) is 28.3. The standard InChI is InChI=1S/C15H17N5O3/c1-8-4-5-12(23-3)10(6-8)17-13(21)7-11-14(22)18-15-16-9(2)19-20(11)15/h4-6,11H,7H2,1-3H3,(H,17,21)(H,16,18,19,22). The highest BCUT2D eigenvalue weighted by Gasteiger charge is 2.34. The summed E-state index contributed by atoms with van der Waals surface area (Å²) in [5, 5.41) is 9.55. The van der Waals surface area contributed by atoms with Crippen LogP contribution in [0.2, 0.25) is 0 Å². The summed E-state index contributed by atoms with van der Waals surface area (Å²) in [6.07, 6.45) is -0.0290. The van der Waals surface area contributed by atoms with Gasteiger partial charge < -0.3 is 10.1 Å². The van der Waals surface area contributed by atoms with Gasteiger partial charge in [0.2, 0.25) is 11.9 Å². The molecule has 1 aromatic heterocycles. The quantitative estimate of drug-likeness (QED) is 0.889. The molecule has 1 aromatic carbocycles. The van der Waals surface area contributed by atoms with E-state index < -0.39 is 6.04 Å². The third-order valence-corrected chi connectivity index (χ3v) is 3.58. The van der Waals surface area contributed by atoms with Crippen molar-refractivity contribution >= 4 is 23.5 Å². The minimum Gasteiger partial charge on any atom is -0.495 e. The first-order valence-corrected chi connectivity index (χ1v) is 7.16. The van der Waals surface area contributed by atoms with Crippen molar-refractivity contribution in [1.82, 2.24) is 14.8 Å². The molecule has 1 atom stereocenters. The van der Waals surface area contributed by atoms with Gasteiger partial charge in [0.1, 0.15) is 17.6 Å². The summed E-state index contributed by atoms with van der Waals surface area (Å²) in [6, 6.07) is 4.80. The lowest BCUT2D eigenvalue weighted by atomic mass is 10.1. The minimum absolute atomic E-state index is 0.0290. The van der Waals surface area contributed by atoms with Gasteiger partial charge in [-0.2, -0.15) is 10.1 Å². The maximum atomic E-state index is 12.3. The molecule has 2 heterocycles. The van der Waals surface area contributed by atoms with E-state index in [0.29, 0.717) is 23.2 Å². The first-order valence-electron chi connectivity index (χ1n) is 7.16. The van der Waals surface area contributed by atoms with Crippen LogP contribution in [0.3, 0.4) is 0 Å². The molecule has 8 nitrogen and oxygen atoms in total. The van der Waals surface area contributed by atoms with Crippen molar-refractivity contribution in [3.05, 3.63) is 29.6 Å². The smallest absolute Gasteiger partial charge is 0.252 e. The number of rotatable bonds is 4. The number of fused-ring (bicyclic) bond motifs is 1. The molecule has 120 valence electrons. The average molecular weight is 315 g/mol. The van der Waals surface area contributed by atoms with Crippen molar-refractivity contribution in [1.29, 1.82) is 0 Å². The molecule has 0 saturated carbocycles. The van der Waals surface area contributed by atoms with Crippen LogP contribution in [0, 0.1) is 13.8 Å². The summed E-state index contributed by atoms with van der Waals surface area (Å²) < 4.78 is 6.68. The molecular formula is C15H17N5O3. The van der Waals surface area contributed by atoms with Gasteiger partial charge in [0.25, 0.3) is 5.91 Å². The molecule has 8 heteroatoms. The van der Waals surface area contributed by atoms with Gasteiger partial charge in [0.15, 0.2) is 0 Å². The molecule has 2 aromatic rings.